The van der Waals surface area contributed by atoms with Crippen LogP contribution in [0.2, 0.25) is 0 Å². The zero-order chi connectivity index (χ0) is 28.0. The van der Waals surface area contributed by atoms with Crippen LogP contribution in [0.3, 0.4) is 0 Å². The molecule has 8 bridgehead atoms. The fourth-order valence-electron chi connectivity index (χ4n) is 6.25. The highest BCUT2D eigenvalue weighted by Gasteiger charge is 2.31. The van der Waals surface area contributed by atoms with Gasteiger partial charge in [0.05, 0.1) is 34.2 Å². The number of hydrogen-bond donors (Lipinski definition) is 3. The summed E-state index contributed by atoms with van der Waals surface area (Å²) in [6, 6.07) is 0. The number of nitrogens with one attached hydrogen (secondary N) is 2. The smallest absolute Gasteiger partial charge is 0.0781 e. The largest absolute Gasteiger partial charge is 0.355 e. The first kappa shape index (κ1) is 26.8. The third-order valence-electron chi connectivity index (χ3n) is 8.52. The van der Waals surface area contributed by atoms with Crippen molar-refractivity contribution in [3.05, 3.63) is 90.9 Å². The Kier molecular flexibility index (Phi) is 7.17. The maximum absolute atomic E-state index is 9.86. The number of aromatic nitrogens is 1. The molecule has 3 N–H and O–H groups in total. The first-order valence-corrected chi connectivity index (χ1v) is 14.1. The van der Waals surface area contributed by atoms with Crippen LogP contribution in [0.4, 0.5) is 0 Å². The lowest BCUT2D eigenvalue weighted by molar-refractivity contribution is 0.214. The average Bonchev–Trinajstić information content (AvgIpc) is 3.59. The number of allylic oxidation sites excluding steroid dienone is 8. The highest BCUT2D eigenvalue weighted by atomic mass is 16.5. The number of nitrogens with zero attached hydrogens (tertiary/aromatic N) is 3. The molecule has 6 nitrogen and oxygen atoms in total. The van der Waals surface area contributed by atoms with Gasteiger partial charge in [-0.25, -0.2) is 15.0 Å². The fourth-order valence-corrected chi connectivity index (χ4v) is 6.25. The van der Waals surface area contributed by atoms with Gasteiger partial charge in [-0.05, 0) is 116 Å². The van der Waals surface area contributed by atoms with Crippen molar-refractivity contribution in [3.8, 4) is 0 Å². The Hall–Kier alpha value is -3.77. The van der Waals surface area contributed by atoms with Crippen molar-refractivity contribution < 1.29 is 5.21 Å². The van der Waals surface area contributed by atoms with Crippen molar-refractivity contribution in [2.24, 2.45) is 15.0 Å². The molecule has 39 heavy (non-hydrogen) atoms. The molecule has 1 aromatic heterocycles. The van der Waals surface area contributed by atoms with Crippen LogP contribution >= 0.6 is 0 Å². The molecule has 0 saturated heterocycles. The first-order chi connectivity index (χ1) is 18.8. The van der Waals surface area contributed by atoms with Crippen LogP contribution in [0, 0.1) is 6.92 Å². The van der Waals surface area contributed by atoms with E-state index in [1.807, 2.05) is 0 Å². The SMILES string of the molecule is CCC1=C(C)C2=NC1=Cc1[nH]c(c(C)c1CC)C=C1N=C(C(CC)=C1C)/C(=C\NO)C1=NC(=C2)C(C)=C1CC. The second-order valence-electron chi connectivity index (χ2n) is 10.5. The molecule has 5 heterocycles. The second-order valence-corrected chi connectivity index (χ2v) is 10.5. The van der Waals surface area contributed by atoms with Gasteiger partial charge in [0.2, 0.25) is 0 Å². The van der Waals surface area contributed by atoms with E-state index in [2.05, 4.69) is 84.1 Å². The third-order valence-corrected chi connectivity index (χ3v) is 8.52. The van der Waals surface area contributed by atoms with Gasteiger partial charge < -0.3 is 4.98 Å². The predicted molar refractivity (Wildman–Crippen MR) is 163 cm³/mol. The van der Waals surface area contributed by atoms with Crippen molar-refractivity contribution in [2.75, 3.05) is 0 Å². The van der Waals surface area contributed by atoms with Crippen molar-refractivity contribution in [1.29, 1.82) is 0 Å². The summed E-state index contributed by atoms with van der Waals surface area (Å²) in [5, 5.41) is 9.86. The number of fused-ring (bicyclic) bond motifs is 5. The minimum absolute atomic E-state index is 0.803. The average molecular weight is 522 g/mol. The van der Waals surface area contributed by atoms with Crippen LogP contribution < -0.4 is 5.48 Å². The zero-order valence-corrected chi connectivity index (χ0v) is 24.4. The normalized spacial score (nSPS) is 20.0. The maximum Gasteiger partial charge on any atom is 0.0781 e. The Labute approximate surface area is 231 Å². The standard InChI is InChI=1S/C33H39N5O/c1-9-21-17(5)26-13-28-19(7)23(11-3)32(37-28)25(16-34-39)33-24(12-4)20(8)29(38-33)14-27-18(6)22(10-2)31(36-27)15-30(21)35-26/h13-16,34-35,39H,9-12H2,1-8H3/b25-16+,28-13?,29-14?,31-15?. The summed E-state index contributed by atoms with van der Waals surface area (Å²) in [5.41, 5.74) is 20.4. The molecular weight excluding hydrogens is 482 g/mol. The number of H-pyrrole nitrogens is 1. The van der Waals surface area contributed by atoms with Gasteiger partial charge in [0.1, 0.15) is 0 Å². The molecule has 4 aliphatic heterocycles. The van der Waals surface area contributed by atoms with Gasteiger partial charge in [-0.15, -0.1) is 0 Å². The molecule has 0 atom stereocenters. The summed E-state index contributed by atoms with van der Waals surface area (Å²) >= 11 is 0. The van der Waals surface area contributed by atoms with Crippen molar-refractivity contribution in [2.45, 2.75) is 81.1 Å². The molecule has 0 aromatic carbocycles. The highest BCUT2D eigenvalue weighted by Crippen LogP contribution is 2.39. The minimum Gasteiger partial charge on any atom is -0.355 e. The number of hydrogen-bond acceptors (Lipinski definition) is 5. The Bertz CT molecular complexity index is 1590. The number of aromatic amines is 1. The van der Waals surface area contributed by atoms with Crippen LogP contribution in [0.15, 0.2) is 83.4 Å². The van der Waals surface area contributed by atoms with E-state index in [9.17, 15) is 5.21 Å². The van der Waals surface area contributed by atoms with Crippen LogP contribution in [0.25, 0.3) is 12.2 Å². The Morgan fingerprint density at radius 2 is 1.26 bits per heavy atom. The Balaban J connectivity index is 1.87. The highest BCUT2D eigenvalue weighted by molar-refractivity contribution is 6.36. The van der Waals surface area contributed by atoms with E-state index >= 15 is 0 Å². The summed E-state index contributed by atoms with van der Waals surface area (Å²) < 4.78 is 0. The van der Waals surface area contributed by atoms with Gasteiger partial charge in [-0.1, -0.05) is 27.7 Å². The summed E-state index contributed by atoms with van der Waals surface area (Å²) in [4.78, 5) is 19.1. The molecular formula is C33H39N5O. The van der Waals surface area contributed by atoms with Gasteiger partial charge in [-0.3, -0.25) is 10.7 Å². The lowest BCUT2D eigenvalue weighted by Crippen LogP contribution is -2.18. The monoisotopic (exact) mass is 521 g/mol. The van der Waals surface area contributed by atoms with E-state index in [1.54, 1.807) is 6.20 Å². The molecule has 0 saturated carbocycles. The Morgan fingerprint density at radius 1 is 0.692 bits per heavy atom. The zero-order valence-electron chi connectivity index (χ0n) is 24.4. The second kappa shape index (κ2) is 10.4. The van der Waals surface area contributed by atoms with Crippen LogP contribution in [-0.2, 0) is 6.42 Å². The topological polar surface area (TPSA) is 85.1 Å². The van der Waals surface area contributed by atoms with Crippen molar-refractivity contribution in [3.63, 3.8) is 0 Å². The predicted octanol–water partition coefficient (Wildman–Crippen LogP) is 7.87. The van der Waals surface area contributed by atoms with E-state index in [1.165, 1.54) is 22.3 Å². The molecule has 0 radical (unpaired) electrons. The van der Waals surface area contributed by atoms with E-state index in [-0.39, 0.29) is 0 Å². The molecule has 0 spiro atoms. The first-order valence-electron chi connectivity index (χ1n) is 14.1. The molecule has 0 unspecified atom stereocenters. The third kappa shape index (κ3) is 4.27. The maximum atomic E-state index is 9.86. The fraction of sp³-hybridized carbons (Fsp3) is 0.364. The molecule has 4 aliphatic rings. The van der Waals surface area contributed by atoms with Crippen LogP contribution in [0.5, 0.6) is 0 Å². The number of hydroxylamine groups is 1. The van der Waals surface area contributed by atoms with Crippen LogP contribution in [-0.4, -0.2) is 27.3 Å². The van der Waals surface area contributed by atoms with E-state index in [0.717, 1.165) is 99.2 Å². The molecule has 5 rings (SSSR count). The molecule has 0 aliphatic carbocycles. The van der Waals surface area contributed by atoms with Gasteiger partial charge in [0, 0.05) is 23.2 Å². The molecule has 6 heteroatoms. The van der Waals surface area contributed by atoms with E-state index < -0.39 is 0 Å². The molecule has 0 amide bonds. The summed E-state index contributed by atoms with van der Waals surface area (Å²) in [6.45, 7) is 17.3. The van der Waals surface area contributed by atoms with Gasteiger partial charge in [-0.2, -0.15) is 0 Å². The van der Waals surface area contributed by atoms with Gasteiger partial charge in [0.25, 0.3) is 0 Å². The van der Waals surface area contributed by atoms with Crippen LogP contribution in [0.1, 0.15) is 90.2 Å². The summed E-state index contributed by atoms with van der Waals surface area (Å²) in [5.74, 6) is 0. The lowest BCUT2D eigenvalue weighted by atomic mass is 9.91. The quantitative estimate of drug-likeness (QED) is 0.344. The molecule has 1 aromatic rings. The minimum atomic E-state index is 0.803. The number of aliphatic imine (C=N–C) groups is 3. The lowest BCUT2D eigenvalue weighted by Gasteiger charge is -2.13. The van der Waals surface area contributed by atoms with Crippen molar-refractivity contribution in [1.82, 2.24) is 10.5 Å². The van der Waals surface area contributed by atoms with E-state index in [0.29, 0.717) is 0 Å². The summed E-state index contributed by atoms with van der Waals surface area (Å²) in [7, 11) is 0. The molecule has 0 fully saturated rings. The Morgan fingerprint density at radius 3 is 1.79 bits per heavy atom. The van der Waals surface area contributed by atoms with Gasteiger partial charge in [0.15, 0.2) is 0 Å². The number of rotatable bonds is 5. The van der Waals surface area contributed by atoms with Crippen molar-refractivity contribution >= 4 is 29.3 Å². The molecule has 202 valence electrons. The van der Waals surface area contributed by atoms with Gasteiger partial charge >= 0.3 is 0 Å². The van der Waals surface area contributed by atoms with E-state index in [4.69, 9.17) is 15.0 Å². The summed E-state index contributed by atoms with van der Waals surface area (Å²) in [6.07, 6.45) is 11.6.